The van der Waals surface area contributed by atoms with Gasteiger partial charge in [0.15, 0.2) is 18.1 Å². The number of hydrogen-bond acceptors (Lipinski definition) is 5. The minimum atomic E-state index is -1.02. The Kier molecular flexibility index (Phi) is 7.08. The maximum absolute atomic E-state index is 11.1. The highest BCUT2D eigenvalue weighted by atomic mass is 16.5. The van der Waals surface area contributed by atoms with Crippen molar-refractivity contribution in [3.63, 3.8) is 0 Å². The van der Waals surface area contributed by atoms with E-state index in [-0.39, 0.29) is 0 Å². The molecule has 1 N–H and O–H groups in total. The first kappa shape index (κ1) is 23.2. The molecule has 2 aromatic carbocycles. The Balaban J connectivity index is 2.22. The number of aromatic nitrogens is 2. The molecule has 0 saturated carbocycles. The maximum Gasteiger partial charge on any atom is 0.341 e. The first-order valence-electron chi connectivity index (χ1n) is 10.5. The lowest BCUT2D eigenvalue weighted by molar-refractivity contribution is -0.139. The lowest BCUT2D eigenvalue weighted by Crippen LogP contribution is -2.11. The van der Waals surface area contributed by atoms with Crippen LogP contribution < -0.4 is 14.2 Å². The van der Waals surface area contributed by atoms with E-state index in [9.17, 15) is 4.79 Å². The van der Waals surface area contributed by atoms with Crippen LogP contribution in [0.5, 0.6) is 17.2 Å². The van der Waals surface area contributed by atoms with Gasteiger partial charge in [-0.1, -0.05) is 26.0 Å². The summed E-state index contributed by atoms with van der Waals surface area (Å²) in [6, 6.07) is 11.7. The molecule has 170 valence electrons. The second kappa shape index (κ2) is 9.77. The molecule has 0 unspecified atom stereocenters. The van der Waals surface area contributed by atoms with Crippen molar-refractivity contribution in [3.8, 4) is 39.8 Å². The zero-order chi connectivity index (χ0) is 23.4. The number of nitrogens with zero attached hydrogens (tertiary/aromatic N) is 2. The quantitative estimate of drug-likeness (QED) is 0.508. The summed E-state index contributed by atoms with van der Waals surface area (Å²) in [6.45, 7) is 8.45. The molecule has 0 aliphatic rings. The number of aryl methyl sites for hydroxylation is 2. The van der Waals surface area contributed by atoms with E-state index in [1.54, 1.807) is 14.2 Å². The van der Waals surface area contributed by atoms with Crippen LogP contribution in [0.2, 0.25) is 0 Å². The van der Waals surface area contributed by atoms with Crippen LogP contribution in [-0.2, 0) is 11.3 Å². The summed E-state index contributed by atoms with van der Waals surface area (Å²) in [7, 11) is 3.23. The number of methoxy groups -OCH3 is 2. The van der Waals surface area contributed by atoms with E-state index in [2.05, 4.69) is 13.8 Å². The summed E-state index contributed by atoms with van der Waals surface area (Å²) in [5.74, 6) is 1.13. The van der Waals surface area contributed by atoms with Crippen LogP contribution in [0.3, 0.4) is 0 Å². The zero-order valence-corrected chi connectivity index (χ0v) is 19.4. The topological polar surface area (TPSA) is 82.8 Å². The molecule has 7 heteroatoms. The number of hydrogen-bond donors (Lipinski definition) is 1. The summed E-state index contributed by atoms with van der Waals surface area (Å²) < 4.78 is 18.8. The van der Waals surface area contributed by atoms with Crippen molar-refractivity contribution >= 4 is 5.97 Å². The molecule has 1 aromatic heterocycles. The van der Waals surface area contributed by atoms with Crippen molar-refractivity contribution in [2.75, 3.05) is 20.8 Å². The number of aliphatic carboxylic acids is 1. The first-order chi connectivity index (χ1) is 15.2. The SMILES string of the molecule is COc1cccc(-c2cc(-c3cc(C)cc(C)c3OCC(=O)O)nn2CC(C)C)c1OC. The Labute approximate surface area is 188 Å². The molecule has 0 bridgehead atoms. The molecule has 0 spiro atoms. The molecule has 0 aliphatic heterocycles. The standard InChI is InChI=1S/C25H30N2O5/c1-15(2)13-27-21(18-8-7-9-22(30-5)25(18)31-6)12-20(26-27)19-11-16(3)10-17(4)24(19)32-14-23(28)29/h7-12,15H,13-14H2,1-6H3,(H,28,29). The van der Waals surface area contributed by atoms with Crippen LogP contribution in [0.15, 0.2) is 36.4 Å². The van der Waals surface area contributed by atoms with Gasteiger partial charge in [-0.15, -0.1) is 0 Å². The van der Waals surface area contributed by atoms with Crippen molar-refractivity contribution in [3.05, 3.63) is 47.5 Å². The van der Waals surface area contributed by atoms with Gasteiger partial charge in [-0.25, -0.2) is 4.79 Å². The monoisotopic (exact) mass is 438 g/mol. The van der Waals surface area contributed by atoms with Crippen LogP contribution in [0.1, 0.15) is 25.0 Å². The molecule has 32 heavy (non-hydrogen) atoms. The maximum atomic E-state index is 11.1. The predicted octanol–water partition coefficient (Wildman–Crippen LogP) is 4.97. The van der Waals surface area contributed by atoms with Crippen molar-refractivity contribution in [1.29, 1.82) is 0 Å². The normalized spacial score (nSPS) is 11.0. The van der Waals surface area contributed by atoms with E-state index in [0.717, 1.165) is 27.9 Å². The first-order valence-corrected chi connectivity index (χ1v) is 10.5. The molecule has 0 saturated heterocycles. The average Bonchev–Trinajstić information content (AvgIpc) is 3.14. The van der Waals surface area contributed by atoms with E-state index in [0.29, 0.717) is 35.4 Å². The minimum Gasteiger partial charge on any atom is -0.493 e. The molecule has 0 radical (unpaired) electrons. The third kappa shape index (κ3) is 4.88. The van der Waals surface area contributed by atoms with Gasteiger partial charge in [0.25, 0.3) is 0 Å². The van der Waals surface area contributed by atoms with E-state index >= 15 is 0 Å². The smallest absolute Gasteiger partial charge is 0.341 e. The number of ether oxygens (including phenoxy) is 3. The van der Waals surface area contributed by atoms with Gasteiger partial charge >= 0.3 is 5.97 Å². The Bertz CT molecular complexity index is 1120. The van der Waals surface area contributed by atoms with E-state index in [4.69, 9.17) is 24.4 Å². The Morgan fingerprint density at radius 3 is 2.44 bits per heavy atom. The van der Waals surface area contributed by atoms with Gasteiger partial charge < -0.3 is 19.3 Å². The second-order valence-electron chi connectivity index (χ2n) is 8.17. The summed E-state index contributed by atoms with van der Waals surface area (Å²) in [5, 5.41) is 14.0. The Hall–Kier alpha value is -3.48. The lowest BCUT2D eigenvalue weighted by atomic mass is 10.0. The number of para-hydroxylation sites is 1. The van der Waals surface area contributed by atoms with E-state index < -0.39 is 12.6 Å². The van der Waals surface area contributed by atoms with Gasteiger partial charge in [0.1, 0.15) is 5.75 Å². The number of carboxylic acid groups (broad SMARTS) is 1. The highest BCUT2D eigenvalue weighted by Crippen LogP contribution is 2.41. The lowest BCUT2D eigenvalue weighted by Gasteiger charge is -2.15. The van der Waals surface area contributed by atoms with Crippen molar-refractivity contribution in [1.82, 2.24) is 9.78 Å². The van der Waals surface area contributed by atoms with Gasteiger partial charge in [-0.3, -0.25) is 4.68 Å². The number of benzene rings is 2. The molecular formula is C25H30N2O5. The Morgan fingerprint density at radius 1 is 1.06 bits per heavy atom. The number of rotatable bonds is 9. The second-order valence-corrected chi connectivity index (χ2v) is 8.17. The third-order valence-corrected chi connectivity index (χ3v) is 5.03. The number of carbonyl (C=O) groups is 1. The van der Waals surface area contributed by atoms with Crippen LogP contribution in [-0.4, -0.2) is 41.7 Å². The molecule has 0 aliphatic carbocycles. The van der Waals surface area contributed by atoms with E-state index in [1.807, 2.05) is 54.9 Å². The predicted molar refractivity (Wildman–Crippen MR) is 124 cm³/mol. The summed E-state index contributed by atoms with van der Waals surface area (Å²) in [6.07, 6.45) is 0. The van der Waals surface area contributed by atoms with Crippen LogP contribution in [0, 0.1) is 19.8 Å². The van der Waals surface area contributed by atoms with Crippen molar-refractivity contribution in [2.24, 2.45) is 5.92 Å². The molecular weight excluding hydrogens is 408 g/mol. The molecule has 0 atom stereocenters. The average molecular weight is 439 g/mol. The Morgan fingerprint density at radius 2 is 1.81 bits per heavy atom. The van der Waals surface area contributed by atoms with Crippen LogP contribution in [0.25, 0.3) is 22.5 Å². The molecule has 7 nitrogen and oxygen atoms in total. The third-order valence-electron chi connectivity index (χ3n) is 5.03. The molecule has 0 fully saturated rings. The fourth-order valence-electron chi connectivity index (χ4n) is 3.81. The zero-order valence-electron chi connectivity index (χ0n) is 19.4. The summed E-state index contributed by atoms with van der Waals surface area (Å²) >= 11 is 0. The molecule has 0 amide bonds. The van der Waals surface area contributed by atoms with Gasteiger partial charge in [0, 0.05) is 17.7 Å². The van der Waals surface area contributed by atoms with E-state index in [1.165, 1.54) is 0 Å². The number of carboxylic acids is 1. The van der Waals surface area contributed by atoms with Gasteiger partial charge in [-0.2, -0.15) is 5.10 Å². The highest BCUT2D eigenvalue weighted by Gasteiger charge is 2.21. The molecule has 3 aromatic rings. The largest absolute Gasteiger partial charge is 0.493 e. The van der Waals surface area contributed by atoms with Gasteiger partial charge in [-0.05, 0) is 55.2 Å². The highest BCUT2D eigenvalue weighted by molar-refractivity contribution is 5.78. The molecule has 3 rings (SSSR count). The van der Waals surface area contributed by atoms with Crippen molar-refractivity contribution < 1.29 is 24.1 Å². The minimum absolute atomic E-state index is 0.361. The fourth-order valence-corrected chi connectivity index (χ4v) is 3.81. The van der Waals surface area contributed by atoms with Crippen molar-refractivity contribution in [2.45, 2.75) is 34.2 Å². The molecule has 1 heterocycles. The van der Waals surface area contributed by atoms with Crippen LogP contribution in [0.4, 0.5) is 0 Å². The summed E-state index contributed by atoms with van der Waals surface area (Å²) in [4.78, 5) is 11.1. The van der Waals surface area contributed by atoms with Crippen LogP contribution >= 0.6 is 0 Å². The fraction of sp³-hybridized carbons (Fsp3) is 0.360. The van der Waals surface area contributed by atoms with Gasteiger partial charge in [0.2, 0.25) is 0 Å². The summed E-state index contributed by atoms with van der Waals surface area (Å²) in [5.41, 5.74) is 5.11. The van der Waals surface area contributed by atoms with Gasteiger partial charge in [0.05, 0.1) is 25.6 Å².